The zero-order chi connectivity index (χ0) is 22.4. The topological polar surface area (TPSA) is 51.1 Å². The summed E-state index contributed by atoms with van der Waals surface area (Å²) in [5, 5.41) is 0.555. The van der Waals surface area contributed by atoms with E-state index in [0.29, 0.717) is 40.4 Å². The van der Waals surface area contributed by atoms with Crippen molar-refractivity contribution in [2.45, 2.75) is 13.8 Å². The van der Waals surface area contributed by atoms with Gasteiger partial charge in [-0.2, -0.15) is 0 Å². The van der Waals surface area contributed by atoms with Crippen molar-refractivity contribution < 1.29 is 18.7 Å². The van der Waals surface area contributed by atoms with E-state index in [1.165, 1.54) is 23.9 Å². The number of thioether (sulfide) groups is 1. The Kier molecular flexibility index (Phi) is 7.98. The lowest BCUT2D eigenvalue weighted by Gasteiger charge is -2.13. The lowest BCUT2D eigenvalue weighted by Crippen LogP contribution is -2.28. The summed E-state index contributed by atoms with van der Waals surface area (Å²) >= 11 is 3.44. The van der Waals surface area contributed by atoms with E-state index in [9.17, 15) is 9.18 Å². The molecule has 1 saturated heterocycles. The standard InChI is InChI=1S/C23H20FIN2O3S/c1-4-11-30-21-18(25)12-15(13-19(21)29-6-3)14-20-22(28)27(5-2)23(31-20)26-17-9-7-16(24)8-10-17/h1,7-10,12-14H,5-6,11H2,2-3H3/b20-14+,26-23?. The quantitative estimate of drug-likeness (QED) is 0.261. The summed E-state index contributed by atoms with van der Waals surface area (Å²) in [7, 11) is 0. The molecule has 0 aliphatic carbocycles. The number of likely N-dealkylation sites (N-methyl/N-ethyl adjacent to an activating group) is 1. The number of nitrogens with zero attached hydrogens (tertiary/aromatic N) is 2. The lowest BCUT2D eigenvalue weighted by atomic mass is 10.2. The predicted octanol–water partition coefficient (Wildman–Crippen LogP) is 5.46. The van der Waals surface area contributed by atoms with Gasteiger partial charge in [-0.1, -0.05) is 5.92 Å². The Labute approximate surface area is 198 Å². The van der Waals surface area contributed by atoms with Crippen LogP contribution in [0.15, 0.2) is 46.3 Å². The van der Waals surface area contributed by atoms with Gasteiger partial charge in [-0.3, -0.25) is 9.69 Å². The maximum Gasteiger partial charge on any atom is 0.266 e. The highest BCUT2D eigenvalue weighted by atomic mass is 127. The molecule has 0 saturated carbocycles. The molecule has 0 unspecified atom stereocenters. The number of hydrogen-bond acceptors (Lipinski definition) is 5. The second-order valence-electron chi connectivity index (χ2n) is 6.29. The van der Waals surface area contributed by atoms with Crippen molar-refractivity contribution in [1.82, 2.24) is 4.90 Å². The SMILES string of the molecule is C#CCOc1c(I)cc(/C=C2/SC(=Nc3ccc(F)cc3)N(CC)C2=O)cc1OCC. The third-order valence-corrected chi connectivity index (χ3v) is 5.99. The number of terminal acetylenes is 1. The number of carbonyl (C=O) groups excluding carboxylic acids is 1. The van der Waals surface area contributed by atoms with Crippen molar-refractivity contribution >= 4 is 57.2 Å². The molecule has 0 aromatic heterocycles. The average molecular weight is 550 g/mol. The van der Waals surface area contributed by atoms with Gasteiger partial charge < -0.3 is 9.47 Å². The molecule has 0 spiro atoms. The summed E-state index contributed by atoms with van der Waals surface area (Å²) in [6.45, 7) is 4.85. The van der Waals surface area contributed by atoms with Gasteiger partial charge in [-0.25, -0.2) is 9.38 Å². The number of halogens is 2. The number of benzene rings is 2. The van der Waals surface area contributed by atoms with Gasteiger partial charge >= 0.3 is 0 Å². The van der Waals surface area contributed by atoms with Gasteiger partial charge in [0.1, 0.15) is 12.4 Å². The number of hydrogen-bond donors (Lipinski definition) is 0. The van der Waals surface area contributed by atoms with Crippen LogP contribution in [0, 0.1) is 21.7 Å². The molecule has 2 aromatic rings. The second-order valence-corrected chi connectivity index (χ2v) is 8.46. The summed E-state index contributed by atoms with van der Waals surface area (Å²) in [6, 6.07) is 9.57. The molecule has 2 aromatic carbocycles. The van der Waals surface area contributed by atoms with Gasteiger partial charge in [0.05, 0.1) is 20.8 Å². The predicted molar refractivity (Wildman–Crippen MR) is 131 cm³/mol. The molecule has 0 N–H and O–H groups in total. The highest BCUT2D eigenvalue weighted by Crippen LogP contribution is 2.38. The van der Waals surface area contributed by atoms with Crippen LogP contribution in [0.2, 0.25) is 0 Å². The van der Waals surface area contributed by atoms with Crippen LogP contribution in [0.25, 0.3) is 6.08 Å². The third-order valence-electron chi connectivity index (χ3n) is 4.18. The van der Waals surface area contributed by atoms with E-state index >= 15 is 0 Å². The van der Waals surface area contributed by atoms with Crippen LogP contribution < -0.4 is 9.47 Å². The van der Waals surface area contributed by atoms with E-state index in [1.54, 1.807) is 23.1 Å². The van der Waals surface area contributed by atoms with Crippen molar-refractivity contribution in [2.75, 3.05) is 19.8 Å². The van der Waals surface area contributed by atoms with Crippen LogP contribution in [-0.2, 0) is 4.79 Å². The van der Waals surface area contributed by atoms with Crippen LogP contribution in [-0.4, -0.2) is 35.7 Å². The summed E-state index contributed by atoms with van der Waals surface area (Å²) in [5.74, 6) is 3.14. The number of carbonyl (C=O) groups is 1. The first-order chi connectivity index (χ1) is 15.0. The summed E-state index contributed by atoms with van der Waals surface area (Å²) in [4.78, 5) is 19.6. The van der Waals surface area contributed by atoms with Crippen LogP contribution in [0.4, 0.5) is 10.1 Å². The second kappa shape index (κ2) is 10.7. The first kappa shape index (κ1) is 23.2. The normalized spacial score (nSPS) is 16.1. The van der Waals surface area contributed by atoms with Crippen molar-refractivity contribution in [2.24, 2.45) is 4.99 Å². The van der Waals surface area contributed by atoms with E-state index in [-0.39, 0.29) is 18.3 Å². The van der Waals surface area contributed by atoms with Crippen molar-refractivity contribution in [1.29, 1.82) is 0 Å². The number of amidine groups is 1. The first-order valence-electron chi connectivity index (χ1n) is 9.55. The fourth-order valence-corrected chi connectivity index (χ4v) is 4.68. The number of aliphatic imine (C=N–C) groups is 1. The first-order valence-corrected chi connectivity index (χ1v) is 11.4. The zero-order valence-electron chi connectivity index (χ0n) is 17.0. The highest BCUT2D eigenvalue weighted by Gasteiger charge is 2.32. The molecular weight excluding hydrogens is 530 g/mol. The molecule has 1 heterocycles. The summed E-state index contributed by atoms with van der Waals surface area (Å²) < 4.78 is 25.3. The molecule has 1 fully saturated rings. The molecule has 5 nitrogen and oxygen atoms in total. The minimum absolute atomic E-state index is 0.131. The molecular formula is C23H20FIN2O3S. The number of ether oxygens (including phenoxy) is 2. The Morgan fingerprint density at radius 2 is 2.00 bits per heavy atom. The van der Waals surface area contributed by atoms with Crippen molar-refractivity contribution in [3.8, 4) is 23.8 Å². The minimum Gasteiger partial charge on any atom is -0.490 e. The smallest absolute Gasteiger partial charge is 0.266 e. The maximum absolute atomic E-state index is 13.2. The van der Waals surface area contributed by atoms with Crippen molar-refractivity contribution in [3.63, 3.8) is 0 Å². The van der Waals surface area contributed by atoms with E-state index in [1.807, 2.05) is 26.0 Å². The molecule has 3 rings (SSSR count). The van der Waals surface area contributed by atoms with Gasteiger partial charge in [0.15, 0.2) is 16.7 Å². The minimum atomic E-state index is -0.332. The number of rotatable bonds is 7. The van der Waals surface area contributed by atoms with Gasteiger partial charge in [0, 0.05) is 6.54 Å². The van der Waals surface area contributed by atoms with E-state index in [0.717, 1.165) is 9.13 Å². The molecule has 1 aliphatic rings. The average Bonchev–Trinajstić information content (AvgIpc) is 3.03. The van der Waals surface area contributed by atoms with E-state index in [4.69, 9.17) is 15.9 Å². The fraction of sp³-hybridized carbons (Fsp3) is 0.217. The maximum atomic E-state index is 13.2. The molecule has 0 radical (unpaired) electrons. The molecule has 1 amide bonds. The number of amides is 1. The van der Waals surface area contributed by atoms with Gasteiger partial charge in [0.25, 0.3) is 5.91 Å². The lowest BCUT2D eigenvalue weighted by molar-refractivity contribution is -0.122. The Balaban J connectivity index is 1.94. The van der Waals surface area contributed by atoms with Crippen LogP contribution in [0.1, 0.15) is 19.4 Å². The Bertz CT molecular complexity index is 1080. The van der Waals surface area contributed by atoms with Gasteiger partial charge in [-0.15, -0.1) is 6.42 Å². The Hall–Kier alpha value is -2.51. The molecule has 31 heavy (non-hydrogen) atoms. The molecule has 1 aliphatic heterocycles. The highest BCUT2D eigenvalue weighted by molar-refractivity contribution is 14.1. The van der Waals surface area contributed by atoms with Gasteiger partial charge in [0.2, 0.25) is 0 Å². The van der Waals surface area contributed by atoms with Crippen LogP contribution >= 0.6 is 34.4 Å². The zero-order valence-corrected chi connectivity index (χ0v) is 20.0. The monoisotopic (exact) mass is 550 g/mol. The Morgan fingerprint density at radius 3 is 2.65 bits per heavy atom. The van der Waals surface area contributed by atoms with Crippen LogP contribution in [0.3, 0.4) is 0 Å². The summed E-state index contributed by atoms with van der Waals surface area (Å²) in [5.41, 5.74) is 1.38. The third kappa shape index (κ3) is 5.60. The molecule has 160 valence electrons. The fourth-order valence-electron chi connectivity index (χ4n) is 2.84. The van der Waals surface area contributed by atoms with Gasteiger partial charge in [-0.05, 0) is 96.2 Å². The van der Waals surface area contributed by atoms with Crippen LogP contribution in [0.5, 0.6) is 11.5 Å². The van der Waals surface area contributed by atoms with E-state index in [2.05, 4.69) is 33.5 Å². The molecule has 0 bridgehead atoms. The largest absolute Gasteiger partial charge is 0.490 e. The Morgan fingerprint density at radius 1 is 1.26 bits per heavy atom. The molecule has 0 atom stereocenters. The van der Waals surface area contributed by atoms with Crippen molar-refractivity contribution in [3.05, 3.63) is 56.3 Å². The van der Waals surface area contributed by atoms with E-state index < -0.39 is 0 Å². The summed E-state index contributed by atoms with van der Waals surface area (Å²) in [6.07, 6.45) is 7.11. The molecule has 8 heteroatoms.